The third-order valence-corrected chi connectivity index (χ3v) is 2.31. The van der Waals surface area contributed by atoms with E-state index in [2.05, 4.69) is 10.0 Å². The maximum absolute atomic E-state index is 8.49. The Hall–Kier alpha value is -2.65. The van der Waals surface area contributed by atoms with E-state index in [1.165, 1.54) is 0 Å². The Kier molecular flexibility index (Phi) is 3.69. The van der Waals surface area contributed by atoms with Crippen molar-refractivity contribution in [1.82, 2.24) is 0 Å². The molecule has 90 valence electrons. The van der Waals surface area contributed by atoms with Crippen LogP contribution in [0.25, 0.3) is 10.4 Å². The van der Waals surface area contributed by atoms with Gasteiger partial charge in [0, 0.05) is 4.91 Å². The van der Waals surface area contributed by atoms with Gasteiger partial charge < -0.3 is 9.47 Å². The predicted octanol–water partition coefficient (Wildman–Crippen LogP) is 4.43. The van der Waals surface area contributed by atoms with Gasteiger partial charge in [-0.25, -0.2) is 0 Å². The molecule has 0 aromatic heterocycles. The molecule has 18 heavy (non-hydrogen) atoms. The quantitative estimate of drug-likeness (QED) is 0.451. The van der Waals surface area contributed by atoms with Crippen LogP contribution in [-0.4, -0.2) is 7.11 Å². The zero-order valence-electron chi connectivity index (χ0n) is 9.78. The van der Waals surface area contributed by atoms with E-state index in [1.54, 1.807) is 43.5 Å². The van der Waals surface area contributed by atoms with Crippen LogP contribution in [0.3, 0.4) is 0 Å². The number of nitrogens with zero attached hydrogens (tertiary/aromatic N) is 3. The van der Waals surface area contributed by atoms with Crippen LogP contribution < -0.4 is 9.47 Å². The van der Waals surface area contributed by atoms with Crippen molar-refractivity contribution < 1.29 is 9.47 Å². The Morgan fingerprint density at radius 3 is 2.22 bits per heavy atom. The SMILES string of the molecule is COc1ccccc1Oc1ccccc1N=[N+]=[N-]. The maximum atomic E-state index is 8.49. The van der Waals surface area contributed by atoms with Crippen LogP contribution >= 0.6 is 0 Å². The molecule has 0 radical (unpaired) electrons. The van der Waals surface area contributed by atoms with E-state index >= 15 is 0 Å². The van der Waals surface area contributed by atoms with Gasteiger partial charge in [0.05, 0.1) is 12.8 Å². The van der Waals surface area contributed by atoms with Gasteiger partial charge in [0.25, 0.3) is 0 Å². The molecule has 2 aromatic carbocycles. The van der Waals surface area contributed by atoms with Crippen molar-refractivity contribution in [3.05, 3.63) is 59.0 Å². The van der Waals surface area contributed by atoms with Crippen molar-refractivity contribution in [2.24, 2.45) is 5.11 Å². The van der Waals surface area contributed by atoms with Crippen LogP contribution in [0.15, 0.2) is 53.6 Å². The minimum atomic E-state index is 0.436. The van der Waals surface area contributed by atoms with Crippen LogP contribution in [-0.2, 0) is 0 Å². The fraction of sp³-hybridized carbons (Fsp3) is 0.0769. The molecule has 0 spiro atoms. The molecule has 5 nitrogen and oxygen atoms in total. The summed E-state index contributed by atoms with van der Waals surface area (Å²) >= 11 is 0. The molecule has 0 atom stereocenters. The molecule has 0 aliphatic heterocycles. The average molecular weight is 241 g/mol. The van der Waals surface area contributed by atoms with E-state index in [0.717, 1.165) is 0 Å². The van der Waals surface area contributed by atoms with Gasteiger partial charge in [-0.3, -0.25) is 0 Å². The number of ether oxygens (including phenoxy) is 2. The van der Waals surface area contributed by atoms with Crippen LogP contribution in [0.4, 0.5) is 5.69 Å². The largest absolute Gasteiger partial charge is 0.493 e. The first kappa shape index (κ1) is 11.8. The first-order chi connectivity index (χ1) is 8.85. The van der Waals surface area contributed by atoms with E-state index in [0.29, 0.717) is 22.9 Å². The van der Waals surface area contributed by atoms with Gasteiger partial charge in [-0.05, 0) is 29.8 Å². The topological polar surface area (TPSA) is 67.2 Å². The first-order valence-corrected chi connectivity index (χ1v) is 5.30. The Morgan fingerprint density at radius 1 is 0.944 bits per heavy atom. The molecule has 0 heterocycles. The highest BCUT2D eigenvalue weighted by Crippen LogP contribution is 2.35. The average Bonchev–Trinajstić information content (AvgIpc) is 2.42. The maximum Gasteiger partial charge on any atom is 0.169 e. The lowest BCUT2D eigenvalue weighted by Crippen LogP contribution is -1.89. The fourth-order valence-corrected chi connectivity index (χ4v) is 1.50. The number of benzene rings is 2. The van der Waals surface area contributed by atoms with Crippen LogP contribution in [0.2, 0.25) is 0 Å². The molecular weight excluding hydrogens is 230 g/mol. The second-order valence-electron chi connectivity index (χ2n) is 3.41. The summed E-state index contributed by atoms with van der Waals surface area (Å²) in [6.45, 7) is 0. The van der Waals surface area contributed by atoms with Crippen molar-refractivity contribution in [2.75, 3.05) is 7.11 Å². The summed E-state index contributed by atoms with van der Waals surface area (Å²) in [5, 5.41) is 3.57. The summed E-state index contributed by atoms with van der Waals surface area (Å²) in [5.74, 6) is 1.67. The molecule has 2 aromatic rings. The highest BCUT2D eigenvalue weighted by Gasteiger charge is 2.06. The standard InChI is InChI=1S/C13H11N3O2/c1-17-12-8-4-5-9-13(12)18-11-7-3-2-6-10(11)15-16-14/h2-9H,1H3. The van der Waals surface area contributed by atoms with Crippen molar-refractivity contribution in [1.29, 1.82) is 0 Å². The molecule has 0 fully saturated rings. The summed E-state index contributed by atoms with van der Waals surface area (Å²) in [4.78, 5) is 2.76. The van der Waals surface area contributed by atoms with Crippen molar-refractivity contribution in [2.45, 2.75) is 0 Å². The molecule has 5 heteroatoms. The molecule has 2 rings (SSSR count). The van der Waals surface area contributed by atoms with E-state index in [9.17, 15) is 0 Å². The minimum absolute atomic E-state index is 0.436. The lowest BCUT2D eigenvalue weighted by atomic mass is 10.3. The zero-order chi connectivity index (χ0) is 12.8. The van der Waals surface area contributed by atoms with Crippen LogP contribution in [0.5, 0.6) is 17.2 Å². The molecule has 0 bridgehead atoms. The number of hydrogen-bond acceptors (Lipinski definition) is 3. The third kappa shape index (κ3) is 2.53. The van der Waals surface area contributed by atoms with Gasteiger partial charge in [-0.2, -0.15) is 0 Å². The number of methoxy groups -OCH3 is 1. The zero-order valence-corrected chi connectivity index (χ0v) is 9.78. The smallest absolute Gasteiger partial charge is 0.169 e. The second-order valence-corrected chi connectivity index (χ2v) is 3.41. The number of para-hydroxylation sites is 3. The molecule has 0 aliphatic rings. The van der Waals surface area contributed by atoms with Crippen LogP contribution in [0.1, 0.15) is 0 Å². The summed E-state index contributed by atoms with van der Waals surface area (Å²) in [5.41, 5.74) is 8.93. The lowest BCUT2D eigenvalue weighted by Gasteiger charge is -2.11. The Labute approximate surface area is 104 Å². The van der Waals surface area contributed by atoms with Gasteiger partial charge in [-0.15, -0.1) is 0 Å². The molecule has 0 saturated heterocycles. The number of rotatable bonds is 4. The molecular formula is C13H11N3O2. The highest BCUT2D eigenvalue weighted by molar-refractivity contribution is 5.54. The molecule has 0 aliphatic carbocycles. The normalized spacial score (nSPS) is 9.39. The van der Waals surface area contributed by atoms with Gasteiger partial charge in [0.2, 0.25) is 0 Å². The van der Waals surface area contributed by atoms with Crippen molar-refractivity contribution in [3.63, 3.8) is 0 Å². The molecule has 0 saturated carbocycles. The molecule has 0 amide bonds. The van der Waals surface area contributed by atoms with Crippen molar-refractivity contribution in [3.8, 4) is 17.2 Å². The summed E-state index contributed by atoms with van der Waals surface area (Å²) in [7, 11) is 1.57. The predicted molar refractivity (Wildman–Crippen MR) is 68.3 cm³/mol. The highest BCUT2D eigenvalue weighted by atomic mass is 16.5. The molecule has 0 N–H and O–H groups in total. The van der Waals surface area contributed by atoms with Gasteiger partial charge >= 0.3 is 0 Å². The second kappa shape index (κ2) is 5.61. The Bertz CT molecular complexity index is 592. The molecule has 0 unspecified atom stereocenters. The fourth-order valence-electron chi connectivity index (χ4n) is 1.50. The number of azide groups is 1. The van der Waals surface area contributed by atoms with Crippen LogP contribution in [0, 0.1) is 0 Å². The van der Waals surface area contributed by atoms with E-state index < -0.39 is 0 Å². The third-order valence-electron chi connectivity index (χ3n) is 2.31. The summed E-state index contributed by atoms with van der Waals surface area (Å²) in [6.07, 6.45) is 0. The lowest BCUT2D eigenvalue weighted by molar-refractivity contribution is 0.379. The first-order valence-electron chi connectivity index (χ1n) is 5.30. The van der Waals surface area contributed by atoms with E-state index in [-0.39, 0.29) is 0 Å². The minimum Gasteiger partial charge on any atom is -0.493 e. The van der Waals surface area contributed by atoms with E-state index in [1.807, 2.05) is 12.1 Å². The van der Waals surface area contributed by atoms with Gasteiger partial charge in [0.1, 0.15) is 5.75 Å². The summed E-state index contributed by atoms with van der Waals surface area (Å²) < 4.78 is 10.9. The van der Waals surface area contributed by atoms with Gasteiger partial charge in [-0.1, -0.05) is 29.4 Å². The van der Waals surface area contributed by atoms with Gasteiger partial charge in [0.15, 0.2) is 11.5 Å². The summed E-state index contributed by atoms with van der Waals surface area (Å²) in [6, 6.07) is 14.3. The monoisotopic (exact) mass is 241 g/mol. The van der Waals surface area contributed by atoms with E-state index in [4.69, 9.17) is 15.0 Å². The Morgan fingerprint density at radius 2 is 1.56 bits per heavy atom. The Balaban J connectivity index is 2.36. The van der Waals surface area contributed by atoms with Crippen molar-refractivity contribution >= 4 is 5.69 Å². The number of hydrogen-bond donors (Lipinski definition) is 0.